The van der Waals surface area contributed by atoms with Crippen molar-refractivity contribution < 1.29 is 9.32 Å². The number of amides is 1. The second kappa shape index (κ2) is 8.29. The van der Waals surface area contributed by atoms with Gasteiger partial charge in [0.25, 0.3) is 11.8 Å². The van der Waals surface area contributed by atoms with E-state index >= 15 is 0 Å². The summed E-state index contributed by atoms with van der Waals surface area (Å²) >= 11 is 0. The predicted molar refractivity (Wildman–Crippen MR) is 102 cm³/mol. The van der Waals surface area contributed by atoms with Crippen LogP contribution in [0.5, 0.6) is 0 Å². The van der Waals surface area contributed by atoms with Crippen LogP contribution in [0.3, 0.4) is 0 Å². The summed E-state index contributed by atoms with van der Waals surface area (Å²) in [4.78, 5) is 16.4. The number of nitrogens with zero attached hydrogens (tertiary/aromatic N) is 2. The Labute approximate surface area is 152 Å². The van der Waals surface area contributed by atoms with Gasteiger partial charge in [0.05, 0.1) is 0 Å². The summed E-state index contributed by atoms with van der Waals surface area (Å²) in [5.41, 5.74) is 2.67. The minimum Gasteiger partial charge on any atom is -0.347 e. The molecule has 3 aromatic rings. The lowest BCUT2D eigenvalue weighted by Crippen LogP contribution is -2.19. The number of hydrogen-bond acceptors (Lipinski definition) is 5. The van der Waals surface area contributed by atoms with Gasteiger partial charge in [-0.25, -0.2) is 0 Å². The Bertz CT molecular complexity index is 861. The summed E-state index contributed by atoms with van der Waals surface area (Å²) in [6.07, 6.45) is 0.814. The first-order valence-electron chi connectivity index (χ1n) is 8.68. The van der Waals surface area contributed by atoms with Crippen molar-refractivity contribution in [2.75, 3.05) is 10.6 Å². The van der Waals surface area contributed by atoms with Crippen LogP contribution in [0.1, 0.15) is 25.8 Å². The van der Waals surface area contributed by atoms with Crippen molar-refractivity contribution in [1.29, 1.82) is 0 Å². The van der Waals surface area contributed by atoms with Gasteiger partial charge in [-0.15, -0.1) is 0 Å². The molecule has 0 saturated carbocycles. The molecule has 1 heterocycles. The van der Waals surface area contributed by atoms with E-state index in [1.54, 1.807) is 0 Å². The molecule has 26 heavy (non-hydrogen) atoms. The van der Waals surface area contributed by atoms with E-state index in [1.165, 1.54) is 0 Å². The number of hydrogen-bond donors (Lipinski definition) is 2. The molecule has 0 bridgehead atoms. The average molecular weight is 350 g/mol. The highest BCUT2D eigenvalue weighted by molar-refractivity contribution is 5.92. The third-order valence-corrected chi connectivity index (χ3v) is 4.15. The fourth-order valence-electron chi connectivity index (χ4n) is 2.38. The summed E-state index contributed by atoms with van der Waals surface area (Å²) in [7, 11) is 0. The van der Waals surface area contributed by atoms with Gasteiger partial charge in [-0.2, -0.15) is 4.98 Å². The first kappa shape index (κ1) is 17.7. The molecule has 1 amide bonds. The van der Waals surface area contributed by atoms with Crippen molar-refractivity contribution in [1.82, 2.24) is 10.1 Å². The average Bonchev–Trinajstić information content (AvgIpc) is 3.16. The highest BCUT2D eigenvalue weighted by atomic mass is 16.5. The van der Waals surface area contributed by atoms with E-state index in [0.717, 1.165) is 23.2 Å². The van der Waals surface area contributed by atoms with Gasteiger partial charge in [0, 0.05) is 23.7 Å². The topological polar surface area (TPSA) is 80.0 Å². The van der Waals surface area contributed by atoms with Crippen molar-refractivity contribution in [3.05, 3.63) is 60.2 Å². The van der Waals surface area contributed by atoms with E-state index < -0.39 is 0 Å². The number of rotatable bonds is 7. The largest absolute Gasteiger partial charge is 0.347 e. The van der Waals surface area contributed by atoms with Crippen molar-refractivity contribution in [2.24, 2.45) is 5.92 Å². The minimum absolute atomic E-state index is 0.00693. The van der Waals surface area contributed by atoms with E-state index in [2.05, 4.69) is 20.8 Å². The van der Waals surface area contributed by atoms with Gasteiger partial charge < -0.3 is 15.2 Å². The molecule has 0 radical (unpaired) electrons. The lowest BCUT2D eigenvalue weighted by Gasteiger charge is -2.11. The molecule has 0 aliphatic rings. The third kappa shape index (κ3) is 4.47. The Hall–Kier alpha value is -3.15. The van der Waals surface area contributed by atoms with E-state index in [-0.39, 0.29) is 11.8 Å². The molecule has 6 nitrogen and oxygen atoms in total. The monoisotopic (exact) mass is 350 g/mol. The van der Waals surface area contributed by atoms with Gasteiger partial charge in [-0.3, -0.25) is 4.79 Å². The van der Waals surface area contributed by atoms with Gasteiger partial charge in [0.15, 0.2) is 0 Å². The molecule has 1 unspecified atom stereocenters. The lowest BCUT2D eigenvalue weighted by atomic mass is 10.1. The SMILES string of the molecule is CCC(C)C(=O)Nc1cccc(CNc2noc(-c3ccccc3)n2)c1. The van der Waals surface area contributed by atoms with Gasteiger partial charge in [-0.1, -0.05) is 44.2 Å². The predicted octanol–water partition coefficient (Wildman–Crippen LogP) is 4.33. The van der Waals surface area contributed by atoms with Gasteiger partial charge in [-0.05, 0) is 41.4 Å². The van der Waals surface area contributed by atoms with Crippen LogP contribution >= 0.6 is 0 Å². The Kier molecular flexibility index (Phi) is 5.63. The summed E-state index contributed by atoms with van der Waals surface area (Å²) in [5, 5.41) is 10.0. The molecule has 0 aliphatic carbocycles. The third-order valence-electron chi connectivity index (χ3n) is 4.15. The Morgan fingerprint density at radius 2 is 1.96 bits per heavy atom. The van der Waals surface area contributed by atoms with Crippen LogP contribution in [0.2, 0.25) is 0 Å². The van der Waals surface area contributed by atoms with E-state index in [0.29, 0.717) is 18.4 Å². The highest BCUT2D eigenvalue weighted by Gasteiger charge is 2.11. The quantitative estimate of drug-likeness (QED) is 0.663. The van der Waals surface area contributed by atoms with Crippen LogP contribution in [0.4, 0.5) is 11.6 Å². The number of anilines is 2. The van der Waals surface area contributed by atoms with Gasteiger partial charge in [0.1, 0.15) is 0 Å². The van der Waals surface area contributed by atoms with Crippen LogP contribution in [-0.4, -0.2) is 16.0 Å². The van der Waals surface area contributed by atoms with Gasteiger partial charge >= 0.3 is 0 Å². The second-order valence-corrected chi connectivity index (χ2v) is 6.14. The molecular weight excluding hydrogens is 328 g/mol. The first-order chi connectivity index (χ1) is 12.7. The smallest absolute Gasteiger partial charge is 0.264 e. The van der Waals surface area contributed by atoms with Crippen molar-refractivity contribution >= 4 is 17.5 Å². The molecule has 2 aromatic carbocycles. The fourth-order valence-corrected chi connectivity index (χ4v) is 2.38. The summed E-state index contributed by atoms with van der Waals surface area (Å²) in [6, 6.07) is 17.3. The number of carbonyl (C=O) groups is 1. The molecule has 3 rings (SSSR count). The Morgan fingerprint density at radius 3 is 2.73 bits per heavy atom. The van der Waals surface area contributed by atoms with Crippen LogP contribution in [-0.2, 0) is 11.3 Å². The summed E-state index contributed by atoms with van der Waals surface area (Å²) < 4.78 is 5.27. The van der Waals surface area contributed by atoms with Crippen LogP contribution < -0.4 is 10.6 Å². The van der Waals surface area contributed by atoms with Crippen LogP contribution in [0.25, 0.3) is 11.5 Å². The molecule has 1 atom stereocenters. The molecule has 0 saturated heterocycles. The van der Waals surface area contributed by atoms with Crippen LogP contribution in [0.15, 0.2) is 59.1 Å². The molecule has 2 N–H and O–H groups in total. The van der Waals surface area contributed by atoms with Crippen molar-refractivity contribution in [2.45, 2.75) is 26.8 Å². The molecule has 134 valence electrons. The zero-order valence-corrected chi connectivity index (χ0v) is 14.9. The number of benzene rings is 2. The van der Waals surface area contributed by atoms with E-state index in [9.17, 15) is 4.79 Å². The number of aromatic nitrogens is 2. The Balaban J connectivity index is 1.61. The summed E-state index contributed by atoms with van der Waals surface area (Å²) in [6.45, 7) is 4.45. The Morgan fingerprint density at radius 1 is 1.15 bits per heavy atom. The first-order valence-corrected chi connectivity index (χ1v) is 8.68. The standard InChI is InChI=1S/C20H22N4O2/c1-3-14(2)18(25)22-17-11-7-8-15(12-17)13-21-20-23-19(26-24-20)16-9-5-4-6-10-16/h4-12,14H,3,13H2,1-2H3,(H,21,24)(H,22,25). The minimum atomic E-state index is -0.00693. The summed E-state index contributed by atoms with van der Waals surface area (Å²) in [5.74, 6) is 0.927. The van der Waals surface area contributed by atoms with Crippen molar-refractivity contribution in [3.63, 3.8) is 0 Å². The maximum Gasteiger partial charge on any atom is 0.264 e. The van der Waals surface area contributed by atoms with E-state index in [1.807, 2.05) is 68.4 Å². The molecular formula is C20H22N4O2. The van der Waals surface area contributed by atoms with Gasteiger partial charge in [0.2, 0.25) is 5.91 Å². The maximum absolute atomic E-state index is 12.0. The number of nitrogens with one attached hydrogen (secondary N) is 2. The lowest BCUT2D eigenvalue weighted by molar-refractivity contribution is -0.119. The molecule has 0 fully saturated rings. The fraction of sp³-hybridized carbons (Fsp3) is 0.250. The normalized spacial score (nSPS) is 11.8. The number of carbonyl (C=O) groups excluding carboxylic acids is 1. The highest BCUT2D eigenvalue weighted by Crippen LogP contribution is 2.19. The van der Waals surface area contributed by atoms with E-state index in [4.69, 9.17) is 4.52 Å². The van der Waals surface area contributed by atoms with Crippen LogP contribution in [0, 0.1) is 5.92 Å². The molecule has 1 aromatic heterocycles. The maximum atomic E-state index is 12.0. The molecule has 6 heteroatoms. The van der Waals surface area contributed by atoms with Crippen molar-refractivity contribution in [3.8, 4) is 11.5 Å². The zero-order chi connectivity index (χ0) is 18.4. The molecule has 0 aliphatic heterocycles. The second-order valence-electron chi connectivity index (χ2n) is 6.14. The zero-order valence-electron chi connectivity index (χ0n) is 14.9. The molecule has 0 spiro atoms.